The maximum Gasteiger partial charge on any atom is 0.0731 e. The fraction of sp³-hybridized carbons (Fsp3) is 0.750. The molecule has 0 aromatic rings. The topological polar surface area (TPSA) is 20.2 Å². The molecule has 0 aromatic heterocycles. The highest BCUT2D eigenvalue weighted by atomic mass is 16.3. The smallest absolute Gasteiger partial charge is 0.0731 e. The minimum absolute atomic E-state index is 0.256. The van der Waals surface area contributed by atoms with E-state index >= 15 is 0 Å². The van der Waals surface area contributed by atoms with E-state index in [1.807, 2.05) is 0 Å². The van der Waals surface area contributed by atoms with Gasteiger partial charge in [0, 0.05) is 0 Å². The SMILES string of the molecule is CC1(C)C[C]=CC(O)C1. The number of rotatable bonds is 0. The molecule has 0 heterocycles. The molecule has 0 spiro atoms. The van der Waals surface area contributed by atoms with Crippen LogP contribution in [0.1, 0.15) is 26.7 Å². The molecule has 1 heteroatoms. The Morgan fingerprint density at radius 1 is 1.67 bits per heavy atom. The summed E-state index contributed by atoms with van der Waals surface area (Å²) in [4.78, 5) is 0. The molecule has 0 aromatic carbocycles. The molecule has 1 N–H and O–H groups in total. The Morgan fingerprint density at radius 2 is 2.33 bits per heavy atom. The summed E-state index contributed by atoms with van der Waals surface area (Å²) in [5.74, 6) is 0. The number of aliphatic hydroxyl groups excluding tert-OH is 1. The zero-order valence-electron chi connectivity index (χ0n) is 6.02. The van der Waals surface area contributed by atoms with Crippen molar-refractivity contribution >= 4 is 0 Å². The number of hydrogen-bond donors (Lipinski definition) is 1. The van der Waals surface area contributed by atoms with Crippen LogP contribution in [0, 0.1) is 11.5 Å². The van der Waals surface area contributed by atoms with Crippen LogP contribution >= 0.6 is 0 Å². The first-order chi connectivity index (χ1) is 4.10. The van der Waals surface area contributed by atoms with E-state index in [4.69, 9.17) is 5.11 Å². The van der Waals surface area contributed by atoms with Gasteiger partial charge in [-0.3, -0.25) is 0 Å². The lowest BCUT2D eigenvalue weighted by molar-refractivity contribution is 0.140. The molecule has 1 unspecified atom stereocenters. The Morgan fingerprint density at radius 3 is 2.67 bits per heavy atom. The maximum atomic E-state index is 9.13. The Labute approximate surface area is 56.4 Å². The highest BCUT2D eigenvalue weighted by molar-refractivity contribution is 4.94. The van der Waals surface area contributed by atoms with Gasteiger partial charge < -0.3 is 5.11 Å². The van der Waals surface area contributed by atoms with E-state index in [0.717, 1.165) is 12.8 Å². The van der Waals surface area contributed by atoms with Gasteiger partial charge >= 0.3 is 0 Å². The van der Waals surface area contributed by atoms with Gasteiger partial charge in [-0.1, -0.05) is 19.9 Å². The summed E-state index contributed by atoms with van der Waals surface area (Å²) in [6.07, 6.45) is 6.40. The summed E-state index contributed by atoms with van der Waals surface area (Å²) in [6.45, 7) is 4.30. The van der Waals surface area contributed by atoms with Gasteiger partial charge in [0.25, 0.3) is 0 Å². The zero-order chi connectivity index (χ0) is 6.91. The molecule has 0 bridgehead atoms. The summed E-state index contributed by atoms with van der Waals surface area (Å²) in [7, 11) is 0. The Kier molecular flexibility index (Phi) is 1.62. The van der Waals surface area contributed by atoms with Crippen LogP contribution in [0.15, 0.2) is 6.08 Å². The predicted octanol–water partition coefficient (Wildman–Crippen LogP) is 1.53. The normalized spacial score (nSPS) is 32.6. The molecule has 1 radical (unpaired) electrons. The molecule has 9 heavy (non-hydrogen) atoms. The van der Waals surface area contributed by atoms with Crippen molar-refractivity contribution in [3.63, 3.8) is 0 Å². The average molecular weight is 125 g/mol. The first-order valence-corrected chi connectivity index (χ1v) is 3.35. The van der Waals surface area contributed by atoms with Crippen molar-refractivity contribution in [2.75, 3.05) is 0 Å². The molecule has 1 aliphatic rings. The van der Waals surface area contributed by atoms with Gasteiger partial charge in [0.1, 0.15) is 0 Å². The lowest BCUT2D eigenvalue weighted by Gasteiger charge is -2.27. The van der Waals surface area contributed by atoms with Crippen LogP contribution in [-0.2, 0) is 0 Å². The number of allylic oxidation sites excluding steroid dienone is 1. The van der Waals surface area contributed by atoms with E-state index in [9.17, 15) is 0 Å². The van der Waals surface area contributed by atoms with E-state index in [-0.39, 0.29) is 11.5 Å². The van der Waals surface area contributed by atoms with Gasteiger partial charge in [0.05, 0.1) is 6.10 Å². The second kappa shape index (κ2) is 2.14. The summed E-state index contributed by atoms with van der Waals surface area (Å²) < 4.78 is 0. The molecule has 0 fully saturated rings. The molecule has 1 rings (SSSR count). The van der Waals surface area contributed by atoms with Crippen LogP contribution in [0.4, 0.5) is 0 Å². The Bertz CT molecular complexity index is 125. The van der Waals surface area contributed by atoms with Crippen molar-refractivity contribution in [1.82, 2.24) is 0 Å². The molecular weight excluding hydrogens is 112 g/mol. The quantitative estimate of drug-likeness (QED) is 0.520. The standard InChI is InChI=1S/C8H13O/c1-8(2)5-3-4-7(9)6-8/h4,7,9H,5-6H2,1-2H3. The minimum atomic E-state index is -0.256. The fourth-order valence-electron chi connectivity index (χ4n) is 1.17. The van der Waals surface area contributed by atoms with Crippen molar-refractivity contribution in [3.05, 3.63) is 12.2 Å². The van der Waals surface area contributed by atoms with Crippen LogP contribution < -0.4 is 0 Å². The van der Waals surface area contributed by atoms with Crippen LogP contribution in [0.3, 0.4) is 0 Å². The summed E-state index contributed by atoms with van der Waals surface area (Å²) in [5, 5.41) is 9.13. The zero-order valence-corrected chi connectivity index (χ0v) is 6.02. The monoisotopic (exact) mass is 125 g/mol. The van der Waals surface area contributed by atoms with Crippen molar-refractivity contribution in [2.45, 2.75) is 32.8 Å². The molecule has 1 aliphatic carbocycles. The van der Waals surface area contributed by atoms with Gasteiger partial charge in [0.2, 0.25) is 0 Å². The van der Waals surface area contributed by atoms with E-state index in [0.29, 0.717) is 0 Å². The Balaban J connectivity index is 2.58. The van der Waals surface area contributed by atoms with Gasteiger partial charge in [0.15, 0.2) is 0 Å². The first-order valence-electron chi connectivity index (χ1n) is 3.35. The van der Waals surface area contributed by atoms with E-state index in [1.165, 1.54) is 0 Å². The molecule has 0 amide bonds. The van der Waals surface area contributed by atoms with Gasteiger partial charge in [-0.15, -0.1) is 0 Å². The lowest BCUT2D eigenvalue weighted by Crippen LogP contribution is -2.22. The number of hydrogen-bond acceptors (Lipinski definition) is 1. The summed E-state index contributed by atoms with van der Waals surface area (Å²) >= 11 is 0. The van der Waals surface area contributed by atoms with Gasteiger partial charge in [-0.05, 0) is 24.3 Å². The fourth-order valence-corrected chi connectivity index (χ4v) is 1.17. The minimum Gasteiger partial charge on any atom is -0.389 e. The highest BCUT2D eigenvalue weighted by Gasteiger charge is 2.22. The second-order valence-electron chi connectivity index (χ2n) is 3.48. The molecule has 1 atom stereocenters. The first kappa shape index (κ1) is 6.81. The molecule has 51 valence electrons. The van der Waals surface area contributed by atoms with Crippen LogP contribution in [-0.4, -0.2) is 11.2 Å². The van der Waals surface area contributed by atoms with Crippen molar-refractivity contribution < 1.29 is 5.11 Å². The Hall–Kier alpha value is -0.300. The third-order valence-corrected chi connectivity index (χ3v) is 1.65. The van der Waals surface area contributed by atoms with Crippen LogP contribution in [0.25, 0.3) is 0 Å². The second-order valence-corrected chi connectivity index (χ2v) is 3.48. The van der Waals surface area contributed by atoms with Crippen molar-refractivity contribution in [1.29, 1.82) is 0 Å². The molecule has 0 saturated heterocycles. The molecule has 0 saturated carbocycles. The van der Waals surface area contributed by atoms with Gasteiger partial charge in [-0.2, -0.15) is 0 Å². The van der Waals surface area contributed by atoms with E-state index in [1.54, 1.807) is 6.08 Å². The van der Waals surface area contributed by atoms with Crippen LogP contribution in [0.5, 0.6) is 0 Å². The third kappa shape index (κ3) is 1.83. The average Bonchev–Trinajstić information content (AvgIpc) is 1.60. The molecule has 0 aliphatic heterocycles. The van der Waals surface area contributed by atoms with Crippen LogP contribution in [0.2, 0.25) is 0 Å². The van der Waals surface area contributed by atoms with E-state index < -0.39 is 0 Å². The van der Waals surface area contributed by atoms with Gasteiger partial charge in [-0.25, -0.2) is 0 Å². The predicted molar refractivity (Wildman–Crippen MR) is 36.8 cm³/mol. The third-order valence-electron chi connectivity index (χ3n) is 1.65. The highest BCUT2D eigenvalue weighted by Crippen LogP contribution is 2.30. The largest absolute Gasteiger partial charge is 0.389 e. The van der Waals surface area contributed by atoms with Crippen molar-refractivity contribution in [2.24, 2.45) is 5.41 Å². The summed E-state index contributed by atoms with van der Waals surface area (Å²) in [6, 6.07) is 0. The lowest BCUT2D eigenvalue weighted by atomic mass is 9.80. The summed E-state index contributed by atoms with van der Waals surface area (Å²) in [5.41, 5.74) is 0.258. The molecule has 1 nitrogen and oxygen atoms in total. The number of aliphatic hydroxyl groups is 1. The maximum absolute atomic E-state index is 9.13. The van der Waals surface area contributed by atoms with E-state index in [2.05, 4.69) is 19.9 Å². The van der Waals surface area contributed by atoms with Crippen molar-refractivity contribution in [3.8, 4) is 0 Å². The molecular formula is C8H13O.